The van der Waals surface area contributed by atoms with Gasteiger partial charge in [-0.2, -0.15) is 0 Å². The second-order valence-electron chi connectivity index (χ2n) is 7.84. The minimum absolute atomic E-state index is 0.0150. The Kier molecular flexibility index (Phi) is 10.7. The number of unbranched alkanes of at least 4 members (excludes halogenated alkanes) is 2. The number of methoxy groups -OCH3 is 1. The highest BCUT2D eigenvalue weighted by Gasteiger charge is 2.23. The lowest BCUT2D eigenvalue weighted by molar-refractivity contribution is 0.177. The largest absolute Gasteiger partial charge is 0.496 e. The Balaban J connectivity index is 2.51. The number of aryl methyl sites for hydroxylation is 1. The molecule has 0 radical (unpaired) electrons. The van der Waals surface area contributed by atoms with E-state index in [2.05, 4.69) is 26.8 Å². The Labute approximate surface area is 160 Å². The van der Waals surface area contributed by atoms with Gasteiger partial charge in [0.2, 0.25) is 0 Å². The van der Waals surface area contributed by atoms with Crippen molar-refractivity contribution < 1.29 is 14.6 Å². The maximum atomic E-state index is 9.58. The van der Waals surface area contributed by atoms with Crippen LogP contribution in [0.5, 0.6) is 11.5 Å². The Hall–Kier alpha value is -1.26. The summed E-state index contributed by atoms with van der Waals surface area (Å²) in [6.07, 6.45) is 8.18. The first-order valence-electron chi connectivity index (χ1n) is 10.1. The van der Waals surface area contributed by atoms with Gasteiger partial charge in [0.25, 0.3) is 0 Å². The molecule has 0 bridgehead atoms. The highest BCUT2D eigenvalue weighted by molar-refractivity contribution is 5.41. The molecule has 4 nitrogen and oxygen atoms in total. The molecule has 0 heterocycles. The van der Waals surface area contributed by atoms with Crippen LogP contribution in [0.1, 0.15) is 71.3 Å². The predicted octanol–water partition coefficient (Wildman–Crippen LogP) is 4.71. The summed E-state index contributed by atoms with van der Waals surface area (Å²) in [6.45, 7) is 7.38. The molecular weight excluding hydrogens is 326 g/mol. The normalized spacial score (nSPS) is 13.7. The van der Waals surface area contributed by atoms with Crippen molar-refractivity contribution in [3.63, 3.8) is 0 Å². The lowest BCUT2D eigenvalue weighted by Gasteiger charge is -2.27. The number of hydrogen-bond acceptors (Lipinski definition) is 4. The van der Waals surface area contributed by atoms with Crippen molar-refractivity contribution in [3.8, 4) is 11.5 Å². The quantitative estimate of drug-likeness (QED) is 0.469. The van der Waals surface area contributed by atoms with Crippen molar-refractivity contribution in [3.05, 3.63) is 23.8 Å². The van der Waals surface area contributed by atoms with Crippen LogP contribution in [-0.2, 0) is 6.42 Å². The second kappa shape index (κ2) is 12.2. The molecule has 0 fully saturated rings. The molecule has 1 atom stereocenters. The molecule has 150 valence electrons. The molecule has 0 amide bonds. The Bertz CT molecular complexity index is 504. The second-order valence-corrected chi connectivity index (χ2v) is 7.84. The molecule has 0 aliphatic heterocycles. The lowest BCUT2D eigenvalue weighted by atomic mass is 9.88. The van der Waals surface area contributed by atoms with Gasteiger partial charge in [-0.25, -0.2) is 0 Å². The van der Waals surface area contributed by atoms with Gasteiger partial charge in [0.05, 0.1) is 20.3 Å². The van der Waals surface area contributed by atoms with Gasteiger partial charge in [-0.15, -0.1) is 0 Å². The van der Waals surface area contributed by atoms with Crippen LogP contribution in [-0.4, -0.2) is 31.0 Å². The van der Waals surface area contributed by atoms with Gasteiger partial charge in [0, 0.05) is 11.6 Å². The summed E-state index contributed by atoms with van der Waals surface area (Å²) < 4.78 is 11.4. The molecule has 3 N–H and O–H groups in total. The minimum atomic E-state index is -0.509. The number of ether oxygens (including phenoxy) is 2. The van der Waals surface area contributed by atoms with Gasteiger partial charge in [-0.05, 0) is 43.2 Å². The van der Waals surface area contributed by atoms with Crippen molar-refractivity contribution in [2.45, 2.75) is 77.7 Å². The third-order valence-electron chi connectivity index (χ3n) is 4.91. The van der Waals surface area contributed by atoms with Gasteiger partial charge >= 0.3 is 0 Å². The van der Waals surface area contributed by atoms with E-state index in [1.165, 1.54) is 19.3 Å². The molecule has 0 saturated heterocycles. The molecular formula is C22H39NO3. The fourth-order valence-corrected chi connectivity index (χ4v) is 3.21. The number of benzene rings is 1. The zero-order valence-electron chi connectivity index (χ0n) is 17.2. The van der Waals surface area contributed by atoms with Gasteiger partial charge in [0.1, 0.15) is 11.5 Å². The van der Waals surface area contributed by atoms with Gasteiger partial charge in [-0.3, -0.25) is 0 Å². The van der Waals surface area contributed by atoms with Crippen LogP contribution in [0.15, 0.2) is 18.2 Å². The molecule has 1 unspecified atom stereocenters. The van der Waals surface area contributed by atoms with Crippen LogP contribution in [0.25, 0.3) is 0 Å². The topological polar surface area (TPSA) is 64.7 Å². The number of rotatable bonds is 14. The summed E-state index contributed by atoms with van der Waals surface area (Å²) in [5.74, 6) is 2.46. The monoisotopic (exact) mass is 365 g/mol. The minimum Gasteiger partial charge on any atom is -0.496 e. The molecule has 0 spiro atoms. The smallest absolute Gasteiger partial charge is 0.125 e. The van der Waals surface area contributed by atoms with Crippen LogP contribution in [0.2, 0.25) is 0 Å². The average molecular weight is 366 g/mol. The first kappa shape index (κ1) is 22.8. The molecule has 0 aliphatic rings. The predicted molar refractivity (Wildman–Crippen MR) is 109 cm³/mol. The van der Waals surface area contributed by atoms with Crippen LogP contribution < -0.4 is 15.2 Å². The third kappa shape index (κ3) is 8.41. The van der Waals surface area contributed by atoms with E-state index in [0.717, 1.165) is 61.7 Å². The zero-order valence-corrected chi connectivity index (χ0v) is 17.2. The molecule has 0 aliphatic carbocycles. The standard InChI is InChI=1S/C22H39NO3/c1-5-13-22(23,17-24)14-12-19-10-11-20(16-21(19)25-4)26-15-8-6-7-9-18(2)3/h10-11,16,18,24H,5-9,12-15,17,23H2,1-4H3. The van der Waals surface area contributed by atoms with Gasteiger partial charge < -0.3 is 20.3 Å². The summed E-state index contributed by atoms with van der Waals surface area (Å²) in [5, 5.41) is 9.58. The molecule has 1 aromatic rings. The molecule has 1 aromatic carbocycles. The number of nitrogens with two attached hydrogens (primary N) is 1. The molecule has 26 heavy (non-hydrogen) atoms. The summed E-state index contributed by atoms with van der Waals surface area (Å²) in [5.41, 5.74) is 6.88. The van der Waals surface area contributed by atoms with Crippen molar-refractivity contribution in [1.29, 1.82) is 0 Å². The van der Waals surface area contributed by atoms with E-state index in [4.69, 9.17) is 15.2 Å². The van der Waals surface area contributed by atoms with E-state index in [1.807, 2.05) is 12.1 Å². The van der Waals surface area contributed by atoms with Crippen LogP contribution in [0, 0.1) is 5.92 Å². The summed E-state index contributed by atoms with van der Waals surface area (Å²) in [4.78, 5) is 0. The van der Waals surface area contributed by atoms with Crippen LogP contribution in [0.4, 0.5) is 0 Å². The first-order valence-corrected chi connectivity index (χ1v) is 10.1. The Morgan fingerprint density at radius 1 is 1.15 bits per heavy atom. The fourth-order valence-electron chi connectivity index (χ4n) is 3.21. The number of hydrogen-bond donors (Lipinski definition) is 2. The van der Waals surface area contributed by atoms with Crippen molar-refractivity contribution in [2.24, 2.45) is 11.7 Å². The van der Waals surface area contributed by atoms with Crippen molar-refractivity contribution >= 4 is 0 Å². The molecule has 4 heteroatoms. The summed E-state index contributed by atoms with van der Waals surface area (Å²) in [7, 11) is 1.68. The van der Waals surface area contributed by atoms with E-state index < -0.39 is 5.54 Å². The molecule has 1 rings (SSSR count). The fraction of sp³-hybridized carbons (Fsp3) is 0.727. The molecule has 0 saturated carbocycles. The van der Waals surface area contributed by atoms with Gasteiger partial charge in [-0.1, -0.05) is 52.5 Å². The number of aliphatic hydroxyl groups excluding tert-OH is 1. The summed E-state index contributed by atoms with van der Waals surface area (Å²) >= 11 is 0. The average Bonchev–Trinajstić information content (AvgIpc) is 2.63. The van der Waals surface area contributed by atoms with Crippen molar-refractivity contribution in [1.82, 2.24) is 0 Å². The van der Waals surface area contributed by atoms with Gasteiger partial charge in [0.15, 0.2) is 0 Å². The van der Waals surface area contributed by atoms with E-state index in [1.54, 1.807) is 7.11 Å². The third-order valence-corrected chi connectivity index (χ3v) is 4.91. The first-order chi connectivity index (χ1) is 12.4. The van der Waals surface area contributed by atoms with Crippen molar-refractivity contribution in [2.75, 3.05) is 20.3 Å². The maximum Gasteiger partial charge on any atom is 0.125 e. The highest BCUT2D eigenvalue weighted by Crippen LogP contribution is 2.28. The van der Waals surface area contributed by atoms with E-state index in [0.29, 0.717) is 0 Å². The zero-order chi connectivity index (χ0) is 19.4. The Morgan fingerprint density at radius 2 is 1.92 bits per heavy atom. The lowest BCUT2D eigenvalue weighted by Crippen LogP contribution is -2.43. The van der Waals surface area contributed by atoms with E-state index in [-0.39, 0.29) is 6.61 Å². The Morgan fingerprint density at radius 3 is 2.54 bits per heavy atom. The SMILES string of the molecule is CCCC(N)(CO)CCc1ccc(OCCCCCC(C)C)cc1OC. The van der Waals surface area contributed by atoms with E-state index >= 15 is 0 Å². The summed E-state index contributed by atoms with van der Waals surface area (Å²) in [6, 6.07) is 6.01. The highest BCUT2D eigenvalue weighted by atomic mass is 16.5. The van der Waals surface area contributed by atoms with Crippen LogP contribution in [0.3, 0.4) is 0 Å². The molecule has 0 aromatic heterocycles. The number of aliphatic hydroxyl groups is 1. The van der Waals surface area contributed by atoms with Crippen LogP contribution >= 0.6 is 0 Å². The maximum absolute atomic E-state index is 9.58. The van der Waals surface area contributed by atoms with E-state index in [9.17, 15) is 5.11 Å².